The van der Waals surface area contributed by atoms with E-state index in [1.807, 2.05) is 0 Å². The maximum absolute atomic E-state index is 12.4. The molecule has 0 rings (SSSR count). The van der Waals surface area contributed by atoms with Crippen LogP contribution >= 0.6 is 0 Å². The molecule has 0 aromatic carbocycles. The fourth-order valence-corrected chi connectivity index (χ4v) is 2.27. The zero-order valence-electron chi connectivity index (χ0n) is 16.7. The topological polar surface area (TPSA) is 208 Å². The van der Waals surface area contributed by atoms with E-state index < -0.39 is 66.9 Å². The molecule has 4 unspecified atom stereocenters. The highest BCUT2D eigenvalue weighted by Crippen LogP contribution is 2.06. The molecule has 0 fully saturated rings. The highest BCUT2D eigenvalue weighted by atomic mass is 16.4. The fraction of sp³-hybridized carbons (Fsp3) is 0.706. The summed E-state index contributed by atoms with van der Waals surface area (Å²) in [5, 5.41) is 33.7. The highest BCUT2D eigenvalue weighted by Gasteiger charge is 2.28. The molecule has 0 aliphatic rings. The van der Waals surface area contributed by atoms with Crippen molar-refractivity contribution in [2.75, 3.05) is 6.61 Å². The molecular weight excluding hydrogens is 388 g/mol. The summed E-state index contributed by atoms with van der Waals surface area (Å²) in [5.41, 5.74) is 5.36. The number of aliphatic hydroxyl groups is 1. The Bertz CT molecular complexity index is 610. The second kappa shape index (κ2) is 12.7. The van der Waals surface area contributed by atoms with Crippen LogP contribution in [-0.2, 0) is 24.0 Å². The first kappa shape index (κ1) is 26.3. The Morgan fingerprint density at radius 3 is 1.86 bits per heavy atom. The van der Waals surface area contributed by atoms with Crippen LogP contribution in [0.2, 0.25) is 0 Å². The van der Waals surface area contributed by atoms with E-state index in [1.54, 1.807) is 13.8 Å². The molecule has 0 saturated heterocycles. The van der Waals surface area contributed by atoms with Gasteiger partial charge in [0.05, 0.1) is 6.61 Å². The lowest BCUT2D eigenvalue weighted by Gasteiger charge is -2.23. The zero-order valence-corrected chi connectivity index (χ0v) is 16.7. The number of hydrogen-bond donors (Lipinski definition) is 7. The number of hydrogen-bond acceptors (Lipinski definition) is 7. The molecule has 4 atom stereocenters. The number of aliphatic carboxylic acids is 2. The Labute approximate surface area is 168 Å². The van der Waals surface area contributed by atoms with Crippen LogP contribution in [0, 0.1) is 5.92 Å². The Morgan fingerprint density at radius 2 is 1.41 bits per heavy atom. The first-order chi connectivity index (χ1) is 13.4. The van der Waals surface area contributed by atoms with E-state index in [2.05, 4.69) is 16.0 Å². The number of amides is 3. The molecule has 12 nitrogen and oxygen atoms in total. The van der Waals surface area contributed by atoms with E-state index in [-0.39, 0.29) is 18.8 Å². The van der Waals surface area contributed by atoms with Crippen LogP contribution in [0.3, 0.4) is 0 Å². The van der Waals surface area contributed by atoms with Gasteiger partial charge in [-0.2, -0.15) is 0 Å². The average Bonchev–Trinajstić information content (AvgIpc) is 2.62. The van der Waals surface area contributed by atoms with E-state index in [9.17, 15) is 29.1 Å². The van der Waals surface area contributed by atoms with Gasteiger partial charge in [0.25, 0.3) is 0 Å². The lowest BCUT2D eigenvalue weighted by molar-refractivity contribution is -0.142. The smallest absolute Gasteiger partial charge is 0.326 e. The van der Waals surface area contributed by atoms with Gasteiger partial charge in [-0.1, -0.05) is 13.8 Å². The molecule has 0 spiro atoms. The molecule has 0 saturated carbocycles. The molecule has 0 radical (unpaired) electrons. The van der Waals surface area contributed by atoms with E-state index in [0.717, 1.165) is 0 Å². The molecule has 166 valence electrons. The molecule has 29 heavy (non-hydrogen) atoms. The summed E-state index contributed by atoms with van der Waals surface area (Å²) in [6, 6.07) is -4.89. The number of aliphatic hydroxyl groups excluding tert-OH is 1. The molecule has 0 aliphatic carbocycles. The van der Waals surface area contributed by atoms with Gasteiger partial charge in [0, 0.05) is 6.42 Å². The normalized spacial score (nSPS) is 15.0. The molecule has 3 amide bonds. The Balaban J connectivity index is 5.05. The summed E-state index contributed by atoms with van der Waals surface area (Å²) < 4.78 is 0. The third-order valence-corrected chi connectivity index (χ3v) is 3.89. The van der Waals surface area contributed by atoms with E-state index >= 15 is 0 Å². The molecule has 0 aromatic rings. The number of nitrogens with two attached hydrogens (primary N) is 1. The fourth-order valence-electron chi connectivity index (χ4n) is 2.27. The molecule has 8 N–H and O–H groups in total. The number of carboxylic acids is 2. The van der Waals surface area contributed by atoms with Gasteiger partial charge in [0.2, 0.25) is 17.7 Å². The minimum Gasteiger partial charge on any atom is -0.481 e. The second-order valence-corrected chi connectivity index (χ2v) is 7.04. The first-order valence-electron chi connectivity index (χ1n) is 9.11. The number of carboxylic acid groups (broad SMARTS) is 2. The van der Waals surface area contributed by atoms with Crippen LogP contribution in [0.25, 0.3) is 0 Å². The van der Waals surface area contributed by atoms with Crippen molar-refractivity contribution in [1.29, 1.82) is 0 Å². The Morgan fingerprint density at radius 1 is 0.862 bits per heavy atom. The van der Waals surface area contributed by atoms with Gasteiger partial charge in [-0.3, -0.25) is 19.2 Å². The van der Waals surface area contributed by atoms with Gasteiger partial charge >= 0.3 is 11.9 Å². The van der Waals surface area contributed by atoms with Crippen LogP contribution in [0.4, 0.5) is 0 Å². The monoisotopic (exact) mass is 418 g/mol. The van der Waals surface area contributed by atoms with Gasteiger partial charge in [-0.25, -0.2) is 4.79 Å². The van der Waals surface area contributed by atoms with Gasteiger partial charge in [-0.05, 0) is 25.7 Å². The zero-order chi connectivity index (χ0) is 22.7. The molecule has 0 bridgehead atoms. The van der Waals surface area contributed by atoms with E-state index in [4.69, 9.17) is 15.9 Å². The van der Waals surface area contributed by atoms with Crippen molar-refractivity contribution in [3.05, 3.63) is 0 Å². The quantitative estimate of drug-likeness (QED) is 0.172. The van der Waals surface area contributed by atoms with Gasteiger partial charge in [-0.15, -0.1) is 0 Å². The molecule has 0 heterocycles. The predicted molar refractivity (Wildman–Crippen MR) is 100 cm³/mol. The van der Waals surface area contributed by atoms with Gasteiger partial charge in [0.1, 0.15) is 24.2 Å². The Kier molecular flexibility index (Phi) is 11.5. The van der Waals surface area contributed by atoms with Crippen molar-refractivity contribution in [3.63, 3.8) is 0 Å². The third-order valence-electron chi connectivity index (χ3n) is 3.89. The highest BCUT2D eigenvalue weighted by molar-refractivity contribution is 5.94. The summed E-state index contributed by atoms with van der Waals surface area (Å²) in [4.78, 5) is 58.4. The SMILES string of the molecule is CC(C)CC(NC(=O)C(C)NC(=O)C(CCC(=O)O)NC(=O)C(N)CO)C(=O)O. The van der Waals surface area contributed by atoms with Crippen molar-refractivity contribution >= 4 is 29.7 Å². The maximum atomic E-state index is 12.4. The van der Waals surface area contributed by atoms with Crippen molar-refractivity contribution < 1.29 is 39.3 Å². The van der Waals surface area contributed by atoms with Crippen molar-refractivity contribution in [3.8, 4) is 0 Å². The minimum absolute atomic E-state index is 0.00708. The van der Waals surface area contributed by atoms with Crippen LogP contribution in [0.15, 0.2) is 0 Å². The van der Waals surface area contributed by atoms with Crippen LogP contribution in [0.1, 0.15) is 40.0 Å². The maximum Gasteiger partial charge on any atom is 0.326 e. The van der Waals surface area contributed by atoms with E-state index in [1.165, 1.54) is 6.92 Å². The average molecular weight is 418 g/mol. The van der Waals surface area contributed by atoms with Crippen LogP contribution in [0.5, 0.6) is 0 Å². The largest absolute Gasteiger partial charge is 0.481 e. The minimum atomic E-state index is -1.31. The van der Waals surface area contributed by atoms with Crippen LogP contribution < -0.4 is 21.7 Å². The summed E-state index contributed by atoms with van der Waals surface area (Å²) >= 11 is 0. The number of rotatable bonds is 13. The Hall–Kier alpha value is -2.73. The lowest BCUT2D eigenvalue weighted by atomic mass is 10.0. The molecule has 0 aliphatic heterocycles. The lowest BCUT2D eigenvalue weighted by Crippen LogP contribution is -2.56. The summed E-state index contributed by atoms with van der Waals surface area (Å²) in [6.45, 7) is 4.22. The summed E-state index contributed by atoms with van der Waals surface area (Å²) in [5.74, 6) is -4.86. The number of nitrogens with one attached hydrogen (secondary N) is 3. The standard InChI is InChI=1S/C17H30N4O8/c1-8(2)6-12(17(28)29)21-14(25)9(3)19-16(27)11(4-5-13(23)24)20-15(26)10(18)7-22/h8-12,22H,4-7,18H2,1-3H3,(H,19,27)(H,20,26)(H,21,25)(H,23,24)(H,28,29). The number of carbonyl (C=O) groups excluding carboxylic acids is 3. The van der Waals surface area contributed by atoms with Crippen molar-refractivity contribution in [2.24, 2.45) is 11.7 Å². The van der Waals surface area contributed by atoms with Gasteiger partial charge in [0.15, 0.2) is 0 Å². The summed E-state index contributed by atoms with van der Waals surface area (Å²) in [6.07, 6.45) is -0.522. The van der Waals surface area contributed by atoms with Crippen molar-refractivity contribution in [2.45, 2.75) is 64.2 Å². The molecule has 0 aromatic heterocycles. The third kappa shape index (κ3) is 10.4. The molecule has 12 heteroatoms. The van der Waals surface area contributed by atoms with Crippen LogP contribution in [-0.4, -0.2) is 75.8 Å². The summed E-state index contributed by atoms with van der Waals surface area (Å²) in [7, 11) is 0. The first-order valence-corrected chi connectivity index (χ1v) is 9.11. The number of carbonyl (C=O) groups is 5. The van der Waals surface area contributed by atoms with E-state index in [0.29, 0.717) is 0 Å². The van der Waals surface area contributed by atoms with Gasteiger partial charge < -0.3 is 37.0 Å². The molecular formula is C17H30N4O8. The van der Waals surface area contributed by atoms with Crippen molar-refractivity contribution in [1.82, 2.24) is 16.0 Å². The predicted octanol–water partition coefficient (Wildman–Crippen LogP) is -2.22. The second-order valence-electron chi connectivity index (χ2n) is 7.04.